The van der Waals surface area contributed by atoms with Crippen molar-refractivity contribution in [1.82, 2.24) is 10.6 Å². The van der Waals surface area contributed by atoms with Crippen LogP contribution in [0.5, 0.6) is 0 Å². The van der Waals surface area contributed by atoms with Crippen LogP contribution in [-0.2, 0) is 6.54 Å². The van der Waals surface area contributed by atoms with Crippen LogP contribution in [0.25, 0.3) is 0 Å². The highest BCUT2D eigenvalue weighted by molar-refractivity contribution is 5.93. The number of furan rings is 1. The van der Waals surface area contributed by atoms with Gasteiger partial charge in [-0.2, -0.15) is 0 Å². The van der Waals surface area contributed by atoms with Crippen LogP contribution in [0, 0.1) is 6.92 Å². The van der Waals surface area contributed by atoms with Gasteiger partial charge in [-0.1, -0.05) is 12.1 Å². The topological polar surface area (TPSA) is 54.3 Å². The van der Waals surface area contributed by atoms with Gasteiger partial charge in [0, 0.05) is 19.2 Å². The van der Waals surface area contributed by atoms with E-state index in [0.717, 1.165) is 23.6 Å². The maximum Gasteiger partial charge on any atom is 0.251 e. The van der Waals surface area contributed by atoms with Crippen molar-refractivity contribution < 1.29 is 9.21 Å². The minimum absolute atomic E-state index is 0.0658. The number of benzene rings is 1. The number of carbonyl (C=O) groups excluding carboxylic acids is 1. The third kappa shape index (κ3) is 3.48. The van der Waals surface area contributed by atoms with E-state index in [2.05, 4.69) is 17.6 Å². The summed E-state index contributed by atoms with van der Waals surface area (Å²) in [6.45, 7) is 4.74. The van der Waals surface area contributed by atoms with Crippen molar-refractivity contribution in [3.05, 3.63) is 59.0 Å². The first-order chi connectivity index (χ1) is 9.60. The summed E-state index contributed by atoms with van der Waals surface area (Å²) in [6.07, 6.45) is 0. The molecule has 1 atom stereocenters. The zero-order valence-electron chi connectivity index (χ0n) is 12.1. The van der Waals surface area contributed by atoms with E-state index < -0.39 is 0 Å². The molecule has 1 heterocycles. The fraction of sp³-hybridized carbons (Fsp3) is 0.312. The number of rotatable bonds is 5. The van der Waals surface area contributed by atoms with Crippen LogP contribution in [0.3, 0.4) is 0 Å². The number of amides is 1. The number of hydrogen-bond acceptors (Lipinski definition) is 3. The second-order valence-electron chi connectivity index (χ2n) is 4.83. The Morgan fingerprint density at radius 3 is 2.45 bits per heavy atom. The lowest BCUT2D eigenvalue weighted by Gasteiger charge is -2.11. The fourth-order valence-corrected chi connectivity index (χ4v) is 1.98. The van der Waals surface area contributed by atoms with Gasteiger partial charge in [0.1, 0.15) is 11.5 Å². The first-order valence-corrected chi connectivity index (χ1v) is 6.71. The quantitative estimate of drug-likeness (QED) is 0.880. The molecule has 0 aliphatic carbocycles. The summed E-state index contributed by atoms with van der Waals surface area (Å²) in [7, 11) is 1.63. The van der Waals surface area contributed by atoms with Crippen molar-refractivity contribution in [2.24, 2.45) is 0 Å². The van der Waals surface area contributed by atoms with Gasteiger partial charge in [-0.3, -0.25) is 4.79 Å². The number of nitrogens with one attached hydrogen (secondary N) is 2. The number of aryl methyl sites for hydroxylation is 1. The highest BCUT2D eigenvalue weighted by atomic mass is 16.3. The largest absolute Gasteiger partial charge is 0.465 e. The van der Waals surface area contributed by atoms with Crippen LogP contribution in [-0.4, -0.2) is 13.0 Å². The minimum atomic E-state index is -0.0658. The molecule has 0 spiro atoms. The average Bonchev–Trinajstić information content (AvgIpc) is 2.91. The van der Waals surface area contributed by atoms with Crippen molar-refractivity contribution in [2.45, 2.75) is 26.4 Å². The molecule has 0 aliphatic rings. The number of hydrogen-bond donors (Lipinski definition) is 2. The summed E-state index contributed by atoms with van der Waals surface area (Å²) in [4.78, 5) is 11.4. The molecule has 0 bridgehead atoms. The van der Waals surface area contributed by atoms with Crippen molar-refractivity contribution in [3.63, 3.8) is 0 Å². The summed E-state index contributed by atoms with van der Waals surface area (Å²) >= 11 is 0. The number of carbonyl (C=O) groups is 1. The summed E-state index contributed by atoms with van der Waals surface area (Å²) < 4.78 is 5.58. The first-order valence-electron chi connectivity index (χ1n) is 6.71. The van der Waals surface area contributed by atoms with E-state index in [-0.39, 0.29) is 11.9 Å². The van der Waals surface area contributed by atoms with Crippen molar-refractivity contribution >= 4 is 5.91 Å². The molecule has 2 rings (SSSR count). The first kappa shape index (κ1) is 14.3. The van der Waals surface area contributed by atoms with Gasteiger partial charge >= 0.3 is 0 Å². The molecule has 106 valence electrons. The molecule has 2 aromatic rings. The highest BCUT2D eigenvalue weighted by Crippen LogP contribution is 2.16. The summed E-state index contributed by atoms with van der Waals surface area (Å²) in [5, 5.41) is 6.00. The van der Waals surface area contributed by atoms with Gasteiger partial charge in [0.2, 0.25) is 0 Å². The van der Waals surface area contributed by atoms with Gasteiger partial charge in [-0.05, 0) is 43.7 Å². The molecule has 20 heavy (non-hydrogen) atoms. The van der Waals surface area contributed by atoms with Crippen LogP contribution >= 0.6 is 0 Å². The van der Waals surface area contributed by atoms with Gasteiger partial charge in [0.25, 0.3) is 5.91 Å². The third-order valence-electron chi connectivity index (χ3n) is 3.24. The van der Waals surface area contributed by atoms with Gasteiger partial charge in [0.15, 0.2) is 0 Å². The van der Waals surface area contributed by atoms with E-state index in [1.54, 1.807) is 7.05 Å². The molecule has 0 fully saturated rings. The van der Waals surface area contributed by atoms with Crippen molar-refractivity contribution in [2.75, 3.05) is 7.05 Å². The van der Waals surface area contributed by atoms with Gasteiger partial charge < -0.3 is 15.1 Å². The molecule has 1 amide bonds. The minimum Gasteiger partial charge on any atom is -0.465 e. The molecular weight excluding hydrogens is 252 g/mol. The normalized spacial score (nSPS) is 12.2. The zero-order chi connectivity index (χ0) is 14.5. The second-order valence-corrected chi connectivity index (χ2v) is 4.83. The van der Waals surface area contributed by atoms with E-state index in [0.29, 0.717) is 5.56 Å². The van der Waals surface area contributed by atoms with Crippen LogP contribution < -0.4 is 10.6 Å². The molecule has 0 aliphatic heterocycles. The average molecular weight is 272 g/mol. The molecule has 2 N–H and O–H groups in total. The molecule has 4 nitrogen and oxygen atoms in total. The monoisotopic (exact) mass is 272 g/mol. The Hall–Kier alpha value is -2.07. The van der Waals surface area contributed by atoms with Crippen LogP contribution in [0.1, 0.15) is 40.4 Å². The van der Waals surface area contributed by atoms with Crippen molar-refractivity contribution in [3.8, 4) is 0 Å². The van der Waals surface area contributed by atoms with Gasteiger partial charge in [-0.25, -0.2) is 0 Å². The predicted octanol–water partition coefficient (Wildman–Crippen LogP) is 2.80. The summed E-state index contributed by atoms with van der Waals surface area (Å²) in [6, 6.07) is 11.7. The summed E-state index contributed by atoms with van der Waals surface area (Å²) in [5.41, 5.74) is 1.80. The third-order valence-corrected chi connectivity index (χ3v) is 3.24. The smallest absolute Gasteiger partial charge is 0.251 e. The second kappa shape index (κ2) is 6.39. The maximum atomic E-state index is 11.4. The summed E-state index contributed by atoms with van der Waals surface area (Å²) in [5.74, 6) is 1.79. The van der Waals surface area contributed by atoms with E-state index in [1.165, 1.54) is 0 Å². The van der Waals surface area contributed by atoms with Crippen LogP contribution in [0.15, 0.2) is 40.8 Å². The lowest BCUT2D eigenvalue weighted by Crippen LogP contribution is -2.19. The molecule has 0 radical (unpaired) electrons. The Balaban J connectivity index is 1.92. The van der Waals surface area contributed by atoms with E-state index in [4.69, 9.17) is 4.42 Å². The molecule has 0 saturated carbocycles. The zero-order valence-corrected chi connectivity index (χ0v) is 12.1. The van der Waals surface area contributed by atoms with Crippen molar-refractivity contribution in [1.29, 1.82) is 0 Å². The Morgan fingerprint density at radius 1 is 1.20 bits per heavy atom. The molecular formula is C16H20N2O2. The Morgan fingerprint density at radius 2 is 1.90 bits per heavy atom. The maximum absolute atomic E-state index is 11.4. The van der Waals surface area contributed by atoms with E-state index in [1.807, 2.05) is 43.3 Å². The highest BCUT2D eigenvalue weighted by Gasteiger charge is 2.09. The van der Waals surface area contributed by atoms with Gasteiger partial charge in [-0.15, -0.1) is 0 Å². The lowest BCUT2D eigenvalue weighted by molar-refractivity contribution is 0.0963. The van der Waals surface area contributed by atoms with Crippen LogP contribution in [0.2, 0.25) is 0 Å². The van der Waals surface area contributed by atoms with E-state index >= 15 is 0 Å². The lowest BCUT2D eigenvalue weighted by atomic mass is 10.1. The van der Waals surface area contributed by atoms with Crippen LogP contribution in [0.4, 0.5) is 0 Å². The van der Waals surface area contributed by atoms with E-state index in [9.17, 15) is 4.79 Å². The fourth-order valence-electron chi connectivity index (χ4n) is 1.98. The molecule has 1 unspecified atom stereocenters. The Kier molecular flexibility index (Phi) is 4.58. The Labute approximate surface area is 119 Å². The molecule has 0 saturated heterocycles. The Bertz CT molecular complexity index is 572. The standard InChI is InChI=1S/C16H20N2O2/c1-11-4-9-15(20-11)12(2)18-10-13-5-7-14(8-6-13)16(19)17-3/h4-9,12,18H,10H2,1-3H3,(H,17,19). The molecule has 1 aromatic heterocycles. The molecule has 4 heteroatoms. The van der Waals surface area contributed by atoms with Gasteiger partial charge in [0.05, 0.1) is 6.04 Å². The predicted molar refractivity (Wildman–Crippen MR) is 78.5 cm³/mol. The molecule has 1 aromatic carbocycles. The SMILES string of the molecule is CNC(=O)c1ccc(CNC(C)c2ccc(C)o2)cc1.